The second kappa shape index (κ2) is 5.76. The number of carboxylic acid groups (broad SMARTS) is 1. The zero-order valence-electron chi connectivity index (χ0n) is 10.9. The molecule has 2 unspecified atom stereocenters. The molecule has 0 aliphatic carbocycles. The van der Waals surface area contributed by atoms with E-state index in [9.17, 15) is 21.6 Å². The Morgan fingerprint density at radius 3 is 2.16 bits per heavy atom. The molecule has 0 saturated carbocycles. The van der Waals surface area contributed by atoms with Crippen molar-refractivity contribution in [2.24, 2.45) is 5.92 Å². The summed E-state index contributed by atoms with van der Waals surface area (Å²) in [6, 6.07) is -0.735. The number of sulfone groups is 1. The Morgan fingerprint density at radius 1 is 1.26 bits per heavy atom. The number of carbonyl (C=O) groups is 1. The Balaban J connectivity index is 2.70. The molecule has 0 radical (unpaired) electrons. The van der Waals surface area contributed by atoms with E-state index in [-0.39, 0.29) is 24.3 Å². The minimum absolute atomic E-state index is 0.0613. The van der Waals surface area contributed by atoms with Crippen molar-refractivity contribution < 1.29 is 26.7 Å². The van der Waals surface area contributed by atoms with Crippen LogP contribution in [0.15, 0.2) is 0 Å². The number of rotatable bonds is 5. The number of aliphatic carboxylic acids is 1. The van der Waals surface area contributed by atoms with E-state index in [2.05, 4.69) is 4.72 Å². The smallest absolute Gasteiger partial charge is 0.307 e. The first-order valence-corrected chi connectivity index (χ1v) is 9.36. The van der Waals surface area contributed by atoms with Crippen molar-refractivity contribution >= 4 is 25.8 Å². The van der Waals surface area contributed by atoms with Crippen molar-refractivity contribution in [2.45, 2.75) is 38.0 Å². The summed E-state index contributed by atoms with van der Waals surface area (Å²) in [6.07, 6.45) is 0.123. The van der Waals surface area contributed by atoms with Gasteiger partial charge in [0.25, 0.3) is 0 Å². The zero-order valence-corrected chi connectivity index (χ0v) is 12.5. The van der Waals surface area contributed by atoms with Gasteiger partial charge in [-0.3, -0.25) is 4.79 Å². The fourth-order valence-electron chi connectivity index (χ4n) is 1.85. The maximum Gasteiger partial charge on any atom is 0.307 e. The highest BCUT2D eigenvalue weighted by molar-refractivity contribution is 7.92. The summed E-state index contributed by atoms with van der Waals surface area (Å²) in [5.41, 5.74) is 0. The van der Waals surface area contributed by atoms with Crippen molar-refractivity contribution in [3.8, 4) is 0 Å². The molecule has 2 N–H and O–H groups in total. The van der Waals surface area contributed by atoms with Crippen molar-refractivity contribution in [3.05, 3.63) is 0 Å². The molecule has 1 aliphatic rings. The molecule has 0 bridgehead atoms. The highest BCUT2D eigenvalue weighted by atomic mass is 32.2. The van der Waals surface area contributed by atoms with E-state index in [1.807, 2.05) is 0 Å². The normalized spacial score (nSPS) is 23.7. The molecular formula is C10H19NO6S2. The lowest BCUT2D eigenvalue weighted by atomic mass is 10.1. The predicted molar refractivity (Wildman–Crippen MR) is 70.0 cm³/mol. The molecule has 0 aromatic carbocycles. The van der Waals surface area contributed by atoms with Crippen molar-refractivity contribution in [1.29, 1.82) is 0 Å². The van der Waals surface area contributed by atoms with E-state index >= 15 is 0 Å². The molecule has 7 nitrogen and oxygen atoms in total. The van der Waals surface area contributed by atoms with Gasteiger partial charge in [0.2, 0.25) is 10.0 Å². The van der Waals surface area contributed by atoms with Crippen LogP contribution in [-0.4, -0.2) is 50.7 Å². The Hall–Kier alpha value is -0.670. The molecule has 0 aromatic heterocycles. The lowest BCUT2D eigenvalue weighted by molar-refractivity contribution is -0.141. The number of hydrogen-bond donors (Lipinski definition) is 2. The first-order chi connectivity index (χ1) is 8.55. The van der Waals surface area contributed by atoms with Crippen molar-refractivity contribution in [2.75, 3.05) is 11.5 Å². The summed E-state index contributed by atoms with van der Waals surface area (Å²) < 4.78 is 48.9. The summed E-state index contributed by atoms with van der Waals surface area (Å²) >= 11 is 0. The van der Waals surface area contributed by atoms with Crippen molar-refractivity contribution in [3.63, 3.8) is 0 Å². The van der Waals surface area contributed by atoms with Crippen LogP contribution in [0.1, 0.15) is 26.7 Å². The number of hydrogen-bond acceptors (Lipinski definition) is 5. The summed E-state index contributed by atoms with van der Waals surface area (Å²) in [6.45, 7) is 2.90. The highest BCUT2D eigenvalue weighted by Gasteiger charge is 2.34. The Kier molecular flexibility index (Phi) is 4.97. The Morgan fingerprint density at radius 2 is 1.74 bits per heavy atom. The van der Waals surface area contributed by atoms with Gasteiger partial charge in [-0.15, -0.1) is 0 Å². The molecule has 1 fully saturated rings. The van der Waals surface area contributed by atoms with Gasteiger partial charge in [-0.05, 0) is 19.8 Å². The molecule has 1 heterocycles. The standard InChI is InChI=1S/C10H19NO6S2/c1-7(10(12)13)8(2)11-19(16,17)9-3-5-18(14,15)6-4-9/h7-9,11H,3-6H2,1-2H3,(H,12,13). The lowest BCUT2D eigenvalue weighted by Crippen LogP contribution is -2.46. The first-order valence-electron chi connectivity index (χ1n) is 5.99. The van der Waals surface area contributed by atoms with Gasteiger partial charge in [-0.25, -0.2) is 21.6 Å². The minimum Gasteiger partial charge on any atom is -0.481 e. The minimum atomic E-state index is -3.69. The van der Waals surface area contributed by atoms with Crippen LogP contribution in [0.5, 0.6) is 0 Å². The lowest BCUT2D eigenvalue weighted by Gasteiger charge is -2.25. The number of sulfonamides is 1. The van der Waals surface area contributed by atoms with Gasteiger partial charge in [0, 0.05) is 6.04 Å². The Labute approximate surface area is 113 Å². The summed E-state index contributed by atoms with van der Waals surface area (Å²) in [5.74, 6) is -2.20. The third kappa shape index (κ3) is 4.43. The molecule has 19 heavy (non-hydrogen) atoms. The molecular weight excluding hydrogens is 294 g/mol. The maximum atomic E-state index is 12.0. The summed E-state index contributed by atoms with van der Waals surface area (Å²) in [7, 11) is -6.81. The second-order valence-corrected chi connectivity index (χ2v) is 9.23. The van der Waals surface area contributed by atoms with E-state index in [0.717, 1.165) is 0 Å². The average Bonchev–Trinajstić information content (AvgIpc) is 2.26. The topological polar surface area (TPSA) is 118 Å². The van der Waals surface area contributed by atoms with Crippen LogP contribution in [0, 0.1) is 5.92 Å². The number of carboxylic acids is 1. The SMILES string of the molecule is CC(NS(=O)(=O)C1CCS(=O)(=O)CC1)C(C)C(=O)O. The van der Waals surface area contributed by atoms with Gasteiger partial charge < -0.3 is 5.11 Å². The second-order valence-electron chi connectivity index (χ2n) is 4.93. The van der Waals surface area contributed by atoms with E-state index in [1.54, 1.807) is 0 Å². The van der Waals surface area contributed by atoms with Crippen LogP contribution in [0.3, 0.4) is 0 Å². The highest BCUT2D eigenvalue weighted by Crippen LogP contribution is 2.19. The fraction of sp³-hybridized carbons (Fsp3) is 0.900. The van der Waals surface area contributed by atoms with Gasteiger partial charge in [0.1, 0.15) is 9.84 Å². The molecule has 0 aromatic rings. The first kappa shape index (κ1) is 16.4. The third-order valence-electron chi connectivity index (χ3n) is 3.43. The summed E-state index contributed by atoms with van der Waals surface area (Å²) in [4.78, 5) is 10.8. The molecule has 2 atom stereocenters. The largest absolute Gasteiger partial charge is 0.481 e. The molecule has 9 heteroatoms. The maximum absolute atomic E-state index is 12.0. The number of nitrogens with one attached hydrogen (secondary N) is 1. The van der Waals surface area contributed by atoms with Crippen LogP contribution in [-0.2, 0) is 24.7 Å². The van der Waals surface area contributed by atoms with Crippen LogP contribution < -0.4 is 4.72 Å². The van der Waals surface area contributed by atoms with Crippen LogP contribution >= 0.6 is 0 Å². The van der Waals surface area contributed by atoms with E-state index in [0.29, 0.717) is 0 Å². The predicted octanol–water partition coefficient (Wildman–Crippen LogP) is -0.408. The molecule has 1 rings (SSSR count). The van der Waals surface area contributed by atoms with Crippen LogP contribution in [0.4, 0.5) is 0 Å². The van der Waals surface area contributed by atoms with Gasteiger partial charge in [0.05, 0.1) is 22.7 Å². The monoisotopic (exact) mass is 313 g/mol. The van der Waals surface area contributed by atoms with Gasteiger partial charge in [-0.1, -0.05) is 6.92 Å². The third-order valence-corrected chi connectivity index (χ3v) is 7.19. The molecule has 0 amide bonds. The van der Waals surface area contributed by atoms with E-state index < -0.39 is 43.0 Å². The molecule has 112 valence electrons. The molecule has 1 aliphatic heterocycles. The Bertz CT molecular complexity index is 524. The fourth-order valence-corrected chi connectivity index (χ4v) is 5.41. The van der Waals surface area contributed by atoms with Crippen LogP contribution in [0.2, 0.25) is 0 Å². The van der Waals surface area contributed by atoms with E-state index in [1.165, 1.54) is 13.8 Å². The molecule has 0 spiro atoms. The molecule has 1 saturated heterocycles. The van der Waals surface area contributed by atoms with Crippen molar-refractivity contribution in [1.82, 2.24) is 4.72 Å². The van der Waals surface area contributed by atoms with Gasteiger partial charge >= 0.3 is 5.97 Å². The van der Waals surface area contributed by atoms with Gasteiger partial charge in [0.15, 0.2) is 0 Å². The quantitative estimate of drug-likeness (QED) is 0.712. The van der Waals surface area contributed by atoms with Gasteiger partial charge in [-0.2, -0.15) is 0 Å². The average molecular weight is 313 g/mol. The van der Waals surface area contributed by atoms with Crippen LogP contribution in [0.25, 0.3) is 0 Å². The zero-order chi connectivity index (χ0) is 14.8. The summed E-state index contributed by atoms with van der Waals surface area (Å²) in [5, 5.41) is 8.05. The van der Waals surface area contributed by atoms with E-state index in [4.69, 9.17) is 5.11 Å².